The minimum Gasteiger partial charge on any atom is -0.434 e. The van der Waals surface area contributed by atoms with Crippen LogP contribution in [0.1, 0.15) is 15.2 Å². The number of amides is 1. The Morgan fingerprint density at radius 1 is 1.30 bits per heavy atom. The molecule has 0 atom stereocenters. The summed E-state index contributed by atoms with van der Waals surface area (Å²) >= 11 is 4.57. The third-order valence-corrected chi connectivity index (χ3v) is 4.05. The summed E-state index contributed by atoms with van der Waals surface area (Å²) in [5, 5.41) is 2.67. The lowest BCUT2D eigenvalue weighted by atomic mass is 10.2. The van der Waals surface area contributed by atoms with Gasteiger partial charge in [-0.2, -0.15) is 8.78 Å². The van der Waals surface area contributed by atoms with Crippen LogP contribution >= 0.6 is 27.3 Å². The van der Waals surface area contributed by atoms with Gasteiger partial charge in [0.25, 0.3) is 5.91 Å². The molecular weight excluding hydrogens is 352 g/mol. The number of benzene rings is 1. The van der Waals surface area contributed by atoms with Crippen molar-refractivity contribution in [2.24, 2.45) is 0 Å². The molecule has 1 amide bonds. The van der Waals surface area contributed by atoms with Crippen LogP contribution in [0.2, 0.25) is 0 Å². The molecule has 3 nitrogen and oxygen atoms in total. The summed E-state index contributed by atoms with van der Waals surface area (Å²) < 4.78 is 29.8. The Balaban J connectivity index is 2.02. The number of nitrogens with one attached hydrogen (secondary N) is 1. The van der Waals surface area contributed by atoms with Gasteiger partial charge in [0.15, 0.2) is 0 Å². The van der Waals surface area contributed by atoms with Gasteiger partial charge in [-0.3, -0.25) is 4.79 Å². The molecule has 0 saturated heterocycles. The molecule has 0 unspecified atom stereocenters. The van der Waals surface area contributed by atoms with E-state index in [2.05, 4.69) is 26.0 Å². The summed E-state index contributed by atoms with van der Waals surface area (Å²) in [5.41, 5.74) is 0.497. The first-order valence-corrected chi connectivity index (χ1v) is 7.23. The van der Waals surface area contributed by atoms with Crippen LogP contribution in [0.15, 0.2) is 40.2 Å². The number of rotatable bonds is 5. The Bertz CT molecular complexity index is 604. The molecule has 1 aromatic carbocycles. The van der Waals surface area contributed by atoms with Crippen LogP contribution in [0.4, 0.5) is 8.78 Å². The number of halogens is 3. The maximum Gasteiger partial charge on any atom is 0.387 e. The second kappa shape index (κ2) is 6.81. The van der Waals surface area contributed by atoms with Crippen molar-refractivity contribution in [1.82, 2.24) is 5.32 Å². The van der Waals surface area contributed by atoms with Crippen molar-refractivity contribution in [2.45, 2.75) is 13.2 Å². The highest BCUT2D eigenvalue weighted by molar-refractivity contribution is 9.11. The Hall–Kier alpha value is -1.47. The van der Waals surface area contributed by atoms with Gasteiger partial charge in [0, 0.05) is 12.1 Å². The molecule has 2 rings (SSSR count). The Kier molecular flexibility index (Phi) is 5.08. The average molecular weight is 362 g/mol. The molecule has 1 aromatic heterocycles. The van der Waals surface area contributed by atoms with Gasteiger partial charge in [-0.1, -0.05) is 18.2 Å². The molecule has 0 aliphatic heterocycles. The molecule has 0 aliphatic carbocycles. The Labute approximate surface area is 126 Å². The molecule has 7 heteroatoms. The highest BCUT2D eigenvalue weighted by Gasteiger charge is 2.12. The van der Waals surface area contributed by atoms with Gasteiger partial charge >= 0.3 is 6.61 Å². The maximum absolute atomic E-state index is 12.3. The summed E-state index contributed by atoms with van der Waals surface area (Å²) in [5.74, 6) is -0.192. The molecule has 0 saturated carbocycles. The zero-order valence-electron chi connectivity index (χ0n) is 10.1. The monoisotopic (exact) mass is 361 g/mol. The van der Waals surface area contributed by atoms with Gasteiger partial charge in [0.1, 0.15) is 5.75 Å². The van der Waals surface area contributed by atoms with E-state index >= 15 is 0 Å². The summed E-state index contributed by atoms with van der Waals surface area (Å²) in [6.07, 6.45) is 0. The standard InChI is InChI=1S/C13H10BrF2NO2S/c14-11-6-5-10(20-11)12(18)17-7-8-3-1-2-4-9(8)19-13(15)16/h1-6,13H,7H2,(H,17,18). The van der Waals surface area contributed by atoms with Crippen molar-refractivity contribution in [2.75, 3.05) is 0 Å². The number of alkyl halides is 2. The number of hydrogen-bond donors (Lipinski definition) is 1. The van der Waals surface area contributed by atoms with Gasteiger partial charge in [0.05, 0.1) is 8.66 Å². The SMILES string of the molecule is O=C(NCc1ccccc1OC(F)F)c1ccc(Br)s1. The van der Waals surface area contributed by atoms with Crippen molar-refractivity contribution in [1.29, 1.82) is 0 Å². The van der Waals surface area contributed by atoms with Crippen LogP contribution in [0.5, 0.6) is 5.75 Å². The van der Waals surface area contributed by atoms with Crippen molar-refractivity contribution in [3.63, 3.8) is 0 Å². The third-order valence-electron chi connectivity index (χ3n) is 2.43. The Morgan fingerprint density at radius 2 is 2.05 bits per heavy atom. The normalized spacial score (nSPS) is 10.6. The lowest BCUT2D eigenvalue weighted by Gasteiger charge is -2.10. The van der Waals surface area contributed by atoms with Gasteiger partial charge in [0.2, 0.25) is 0 Å². The predicted molar refractivity (Wildman–Crippen MR) is 76.3 cm³/mol. The van der Waals surface area contributed by atoms with E-state index in [4.69, 9.17) is 0 Å². The van der Waals surface area contributed by atoms with E-state index < -0.39 is 6.61 Å². The largest absolute Gasteiger partial charge is 0.434 e. The number of carbonyl (C=O) groups excluding carboxylic acids is 1. The molecule has 20 heavy (non-hydrogen) atoms. The van der Waals surface area contributed by atoms with Crippen molar-refractivity contribution < 1.29 is 18.3 Å². The van der Waals surface area contributed by atoms with Crippen LogP contribution in [0.3, 0.4) is 0 Å². The topological polar surface area (TPSA) is 38.3 Å². The minimum atomic E-state index is -2.89. The van der Waals surface area contributed by atoms with E-state index in [9.17, 15) is 13.6 Å². The smallest absolute Gasteiger partial charge is 0.387 e. The van der Waals surface area contributed by atoms with Gasteiger partial charge in [-0.15, -0.1) is 11.3 Å². The molecular formula is C13H10BrF2NO2S. The fraction of sp³-hybridized carbons (Fsp3) is 0.154. The molecule has 2 aromatic rings. The number of ether oxygens (including phenoxy) is 1. The lowest BCUT2D eigenvalue weighted by Crippen LogP contribution is -2.22. The zero-order chi connectivity index (χ0) is 14.5. The fourth-order valence-corrected chi connectivity index (χ4v) is 2.86. The fourth-order valence-electron chi connectivity index (χ4n) is 1.56. The van der Waals surface area contributed by atoms with Gasteiger partial charge in [-0.25, -0.2) is 0 Å². The van der Waals surface area contributed by atoms with Crippen LogP contribution in [-0.2, 0) is 6.54 Å². The summed E-state index contributed by atoms with van der Waals surface area (Å²) in [7, 11) is 0. The molecule has 0 fully saturated rings. The predicted octanol–water partition coefficient (Wildman–Crippen LogP) is 4.04. The molecule has 0 radical (unpaired) electrons. The van der Waals surface area contributed by atoms with E-state index in [0.29, 0.717) is 10.4 Å². The molecule has 0 bridgehead atoms. The number of para-hydroxylation sites is 1. The average Bonchev–Trinajstić information content (AvgIpc) is 2.83. The van der Waals surface area contributed by atoms with E-state index in [1.54, 1.807) is 30.3 Å². The lowest BCUT2D eigenvalue weighted by molar-refractivity contribution is -0.0504. The maximum atomic E-state index is 12.3. The number of carbonyl (C=O) groups is 1. The number of thiophene rings is 1. The first-order valence-electron chi connectivity index (χ1n) is 5.62. The summed E-state index contributed by atoms with van der Waals surface area (Å²) in [4.78, 5) is 12.4. The van der Waals surface area contributed by atoms with E-state index in [1.807, 2.05) is 0 Å². The summed E-state index contributed by atoms with van der Waals surface area (Å²) in [6.45, 7) is -2.77. The third kappa shape index (κ3) is 4.01. The zero-order valence-corrected chi connectivity index (χ0v) is 12.5. The quantitative estimate of drug-likeness (QED) is 0.872. The second-order valence-corrected chi connectivity index (χ2v) is 6.24. The van der Waals surface area contributed by atoms with Crippen molar-refractivity contribution in [3.8, 4) is 5.75 Å². The molecule has 0 spiro atoms. The van der Waals surface area contributed by atoms with Gasteiger partial charge in [-0.05, 0) is 34.1 Å². The Morgan fingerprint density at radius 3 is 2.70 bits per heavy atom. The summed E-state index contributed by atoms with van der Waals surface area (Å²) in [6, 6.07) is 9.82. The van der Waals surface area contributed by atoms with E-state index in [-0.39, 0.29) is 18.2 Å². The number of hydrogen-bond acceptors (Lipinski definition) is 3. The molecule has 0 aliphatic rings. The van der Waals surface area contributed by atoms with Crippen molar-refractivity contribution in [3.05, 3.63) is 50.6 Å². The van der Waals surface area contributed by atoms with Crippen LogP contribution < -0.4 is 10.1 Å². The van der Waals surface area contributed by atoms with Gasteiger partial charge < -0.3 is 10.1 Å². The van der Waals surface area contributed by atoms with Crippen LogP contribution in [0.25, 0.3) is 0 Å². The second-order valence-electron chi connectivity index (χ2n) is 3.77. The highest BCUT2D eigenvalue weighted by Crippen LogP contribution is 2.23. The van der Waals surface area contributed by atoms with E-state index in [1.165, 1.54) is 17.4 Å². The minimum absolute atomic E-state index is 0.0650. The molecule has 106 valence electrons. The molecule has 1 heterocycles. The van der Waals surface area contributed by atoms with Crippen LogP contribution in [0, 0.1) is 0 Å². The van der Waals surface area contributed by atoms with Crippen molar-refractivity contribution >= 4 is 33.2 Å². The first kappa shape index (κ1) is 14.9. The molecule has 1 N–H and O–H groups in total. The van der Waals surface area contributed by atoms with E-state index in [0.717, 1.165) is 3.79 Å². The first-order chi connectivity index (χ1) is 9.56. The highest BCUT2D eigenvalue weighted by atomic mass is 79.9. The van der Waals surface area contributed by atoms with Crippen LogP contribution in [-0.4, -0.2) is 12.5 Å².